The molecule has 0 bridgehead atoms. The molecule has 8 heteroatoms. The number of hydrogen-bond donors (Lipinski definition) is 3. The fourth-order valence-electron chi connectivity index (χ4n) is 3.66. The lowest BCUT2D eigenvalue weighted by Gasteiger charge is -2.27. The maximum Gasteiger partial charge on any atom is 0.262 e. The second-order valence-electron chi connectivity index (χ2n) is 7.60. The summed E-state index contributed by atoms with van der Waals surface area (Å²) in [5, 5.41) is 5.45. The molecule has 1 aromatic carbocycles. The van der Waals surface area contributed by atoms with Gasteiger partial charge in [-0.3, -0.25) is 29.4 Å². The van der Waals surface area contributed by atoms with Gasteiger partial charge in [0.25, 0.3) is 11.8 Å². The first-order valence-electron chi connectivity index (χ1n) is 9.26. The Labute approximate surface area is 156 Å². The fourth-order valence-corrected chi connectivity index (χ4v) is 3.66. The molecule has 142 valence electrons. The Bertz CT molecular complexity index is 846. The topological polar surface area (TPSA) is 122 Å². The molecule has 0 spiro atoms. The van der Waals surface area contributed by atoms with Crippen LogP contribution in [0, 0.1) is 0 Å². The number of nitrogens with zero attached hydrogens (tertiary/aromatic N) is 1. The summed E-state index contributed by atoms with van der Waals surface area (Å²) in [6.07, 6.45) is 4.33. The molecule has 0 aromatic heterocycles. The van der Waals surface area contributed by atoms with Crippen LogP contribution in [-0.4, -0.2) is 46.7 Å². The van der Waals surface area contributed by atoms with Crippen LogP contribution in [0.1, 0.15) is 59.2 Å². The lowest BCUT2D eigenvalue weighted by atomic mass is 10.0. The van der Waals surface area contributed by atoms with Gasteiger partial charge in [0.05, 0.1) is 11.1 Å². The summed E-state index contributed by atoms with van der Waals surface area (Å²) < 4.78 is 0. The lowest BCUT2D eigenvalue weighted by molar-refractivity contribution is -0.136. The number of nitrogens with two attached hydrogens (primary N) is 1. The molecule has 8 nitrogen and oxygen atoms in total. The standard InChI is InChI=1S/C19H22N4O4/c20-19(7-8-19)6-1-9-21-11-2-3-12-13(10-11)18(27)23(17(12)26)14-4-5-15(24)22-16(14)25/h2-3,10,14,21H,1,4-9,20H2,(H,22,24,25). The van der Waals surface area contributed by atoms with E-state index in [1.807, 2.05) is 0 Å². The van der Waals surface area contributed by atoms with Crippen molar-refractivity contribution < 1.29 is 19.2 Å². The number of anilines is 1. The summed E-state index contributed by atoms with van der Waals surface area (Å²) in [5.74, 6) is -1.97. The van der Waals surface area contributed by atoms with Gasteiger partial charge in [-0.15, -0.1) is 0 Å². The molecule has 1 aromatic rings. The van der Waals surface area contributed by atoms with Crippen LogP contribution in [0.25, 0.3) is 0 Å². The molecule has 1 atom stereocenters. The maximum absolute atomic E-state index is 12.8. The highest BCUT2D eigenvalue weighted by Crippen LogP contribution is 2.36. The van der Waals surface area contributed by atoms with E-state index in [0.717, 1.165) is 42.8 Å². The van der Waals surface area contributed by atoms with Crippen LogP contribution in [0.2, 0.25) is 0 Å². The van der Waals surface area contributed by atoms with Crippen LogP contribution in [0.4, 0.5) is 5.69 Å². The minimum Gasteiger partial charge on any atom is -0.385 e. The monoisotopic (exact) mass is 370 g/mol. The molecule has 27 heavy (non-hydrogen) atoms. The zero-order valence-electron chi connectivity index (χ0n) is 14.9. The molecule has 1 unspecified atom stereocenters. The van der Waals surface area contributed by atoms with Crippen LogP contribution in [-0.2, 0) is 9.59 Å². The number of amides is 4. The molecule has 2 aliphatic heterocycles. The number of imide groups is 2. The number of hydrogen-bond acceptors (Lipinski definition) is 6. The van der Waals surface area contributed by atoms with Gasteiger partial charge in [-0.1, -0.05) is 0 Å². The van der Waals surface area contributed by atoms with Gasteiger partial charge in [-0.25, -0.2) is 0 Å². The summed E-state index contributed by atoms with van der Waals surface area (Å²) in [5.41, 5.74) is 7.41. The third-order valence-corrected chi connectivity index (χ3v) is 5.51. The Morgan fingerprint density at radius 3 is 2.59 bits per heavy atom. The Kier molecular flexibility index (Phi) is 4.22. The van der Waals surface area contributed by atoms with Crippen molar-refractivity contribution in [3.05, 3.63) is 29.3 Å². The Hall–Kier alpha value is -2.74. The van der Waals surface area contributed by atoms with E-state index < -0.39 is 23.8 Å². The predicted octanol–water partition coefficient (Wildman–Crippen LogP) is 0.771. The molecular weight excluding hydrogens is 348 g/mol. The van der Waals surface area contributed by atoms with Gasteiger partial charge in [0.2, 0.25) is 11.8 Å². The third kappa shape index (κ3) is 3.32. The van der Waals surface area contributed by atoms with Crippen molar-refractivity contribution in [3.63, 3.8) is 0 Å². The second kappa shape index (κ2) is 6.45. The Morgan fingerprint density at radius 1 is 1.15 bits per heavy atom. The van der Waals surface area contributed by atoms with E-state index in [0.29, 0.717) is 0 Å². The number of carbonyl (C=O) groups is 4. The zero-order valence-corrected chi connectivity index (χ0v) is 14.9. The first-order valence-corrected chi connectivity index (χ1v) is 9.26. The van der Waals surface area contributed by atoms with Crippen LogP contribution in [0.5, 0.6) is 0 Å². The van der Waals surface area contributed by atoms with Crippen LogP contribution in [0.3, 0.4) is 0 Å². The van der Waals surface area contributed by atoms with E-state index in [2.05, 4.69) is 10.6 Å². The van der Waals surface area contributed by atoms with Crippen molar-refractivity contribution in [1.29, 1.82) is 0 Å². The van der Waals surface area contributed by atoms with Gasteiger partial charge in [0.1, 0.15) is 6.04 Å². The summed E-state index contributed by atoms with van der Waals surface area (Å²) >= 11 is 0. The maximum atomic E-state index is 12.8. The van der Waals surface area contributed by atoms with E-state index >= 15 is 0 Å². The summed E-state index contributed by atoms with van der Waals surface area (Å²) in [6.45, 7) is 0.733. The molecule has 2 fully saturated rings. The van der Waals surface area contributed by atoms with Gasteiger partial charge in [0.15, 0.2) is 0 Å². The molecule has 1 aliphatic carbocycles. The quantitative estimate of drug-likeness (QED) is 0.502. The molecule has 1 saturated carbocycles. The molecule has 4 amide bonds. The largest absolute Gasteiger partial charge is 0.385 e. The number of rotatable bonds is 6. The molecule has 0 radical (unpaired) electrons. The molecule has 4 rings (SSSR count). The first-order chi connectivity index (χ1) is 12.9. The zero-order chi connectivity index (χ0) is 19.2. The Morgan fingerprint density at radius 2 is 1.89 bits per heavy atom. The third-order valence-electron chi connectivity index (χ3n) is 5.51. The normalized spacial score (nSPS) is 23.3. The number of carbonyl (C=O) groups excluding carboxylic acids is 4. The number of fused-ring (bicyclic) bond motifs is 1. The van der Waals surface area contributed by atoms with Gasteiger partial charge in [0, 0.05) is 24.2 Å². The number of piperidine rings is 1. The smallest absolute Gasteiger partial charge is 0.262 e. The van der Waals surface area contributed by atoms with Gasteiger partial charge in [-0.05, 0) is 50.3 Å². The van der Waals surface area contributed by atoms with Crippen LogP contribution >= 0.6 is 0 Å². The van der Waals surface area contributed by atoms with Crippen molar-refractivity contribution in [3.8, 4) is 0 Å². The van der Waals surface area contributed by atoms with E-state index in [-0.39, 0.29) is 35.4 Å². The van der Waals surface area contributed by atoms with Gasteiger partial charge in [-0.2, -0.15) is 0 Å². The molecule has 2 heterocycles. The number of benzene rings is 1. The van der Waals surface area contributed by atoms with Gasteiger partial charge >= 0.3 is 0 Å². The van der Waals surface area contributed by atoms with Crippen molar-refractivity contribution in [1.82, 2.24) is 10.2 Å². The highest BCUT2D eigenvalue weighted by Gasteiger charge is 2.44. The number of nitrogens with one attached hydrogen (secondary N) is 2. The van der Waals surface area contributed by atoms with E-state index in [1.54, 1.807) is 18.2 Å². The molecule has 3 aliphatic rings. The average molecular weight is 370 g/mol. The highest BCUT2D eigenvalue weighted by atomic mass is 16.2. The van der Waals surface area contributed by atoms with Crippen molar-refractivity contribution in [2.75, 3.05) is 11.9 Å². The minimum atomic E-state index is -0.939. The van der Waals surface area contributed by atoms with E-state index in [4.69, 9.17) is 5.73 Å². The van der Waals surface area contributed by atoms with E-state index in [1.165, 1.54) is 0 Å². The van der Waals surface area contributed by atoms with Crippen molar-refractivity contribution in [2.45, 2.75) is 50.1 Å². The minimum absolute atomic E-state index is 0.0183. The summed E-state index contributed by atoms with van der Waals surface area (Å²) in [7, 11) is 0. The first kappa shape index (κ1) is 17.7. The highest BCUT2D eigenvalue weighted by molar-refractivity contribution is 6.23. The summed E-state index contributed by atoms with van der Waals surface area (Å²) in [4.78, 5) is 49.7. The molecular formula is C19H22N4O4. The van der Waals surface area contributed by atoms with Crippen molar-refractivity contribution >= 4 is 29.3 Å². The van der Waals surface area contributed by atoms with Crippen LogP contribution < -0.4 is 16.4 Å². The second-order valence-corrected chi connectivity index (χ2v) is 7.60. The summed E-state index contributed by atoms with van der Waals surface area (Å²) in [6, 6.07) is 4.07. The van der Waals surface area contributed by atoms with Crippen LogP contribution in [0.15, 0.2) is 18.2 Å². The van der Waals surface area contributed by atoms with Crippen molar-refractivity contribution in [2.24, 2.45) is 5.73 Å². The average Bonchev–Trinajstić information content (AvgIpc) is 3.32. The SMILES string of the molecule is NC1(CCCNc2ccc3c(c2)C(=O)N(C2CCC(=O)NC2=O)C3=O)CC1. The van der Waals surface area contributed by atoms with Gasteiger partial charge < -0.3 is 11.1 Å². The molecule has 1 saturated heterocycles. The predicted molar refractivity (Wildman–Crippen MR) is 97.0 cm³/mol. The lowest BCUT2D eigenvalue weighted by Crippen LogP contribution is -2.54. The Balaban J connectivity index is 1.44. The van der Waals surface area contributed by atoms with E-state index in [9.17, 15) is 19.2 Å². The fraction of sp³-hybridized carbons (Fsp3) is 0.474. The molecule has 4 N–H and O–H groups in total.